The largest absolute Gasteiger partial charge is 0.353 e. The van der Waals surface area contributed by atoms with Crippen molar-refractivity contribution in [3.63, 3.8) is 0 Å². The predicted octanol–water partition coefficient (Wildman–Crippen LogP) is 7.98. The van der Waals surface area contributed by atoms with Crippen LogP contribution in [0.25, 0.3) is 0 Å². The maximum Gasteiger partial charge on any atom is 0.266 e. The minimum absolute atomic E-state index is 0.0140. The molecule has 4 rings (SSSR count). The summed E-state index contributed by atoms with van der Waals surface area (Å²) < 4.78 is 36.3. The first-order valence-electron chi connectivity index (χ1n) is 13.3. The summed E-state index contributed by atoms with van der Waals surface area (Å²) in [6.45, 7) is 3.75. The third-order valence-corrected chi connectivity index (χ3v) is 9.34. The summed E-state index contributed by atoms with van der Waals surface area (Å²) in [5.41, 5.74) is 0. The molecular weight excluding hydrogens is 394 g/mol. The van der Waals surface area contributed by atoms with Gasteiger partial charge in [-0.05, 0) is 119 Å². The van der Waals surface area contributed by atoms with Crippen LogP contribution >= 0.6 is 0 Å². The first-order valence-corrected chi connectivity index (χ1v) is 13.3. The molecule has 0 aromatic rings. The van der Waals surface area contributed by atoms with E-state index < -0.39 is 6.08 Å². The smallest absolute Gasteiger partial charge is 0.266 e. The molecule has 1 aliphatic heterocycles. The summed E-state index contributed by atoms with van der Waals surface area (Å²) in [6, 6.07) is 0. The Morgan fingerprint density at radius 2 is 1.06 bits per heavy atom. The number of rotatable bonds is 6. The fraction of sp³-hybridized carbons (Fsp3) is 0.926. The Hall–Kier alpha value is -0.480. The summed E-state index contributed by atoms with van der Waals surface area (Å²) in [7, 11) is 0. The Morgan fingerprint density at radius 3 is 1.55 bits per heavy atom. The van der Waals surface area contributed by atoms with E-state index in [0.717, 1.165) is 55.6 Å². The fourth-order valence-electron chi connectivity index (χ4n) is 7.27. The zero-order chi connectivity index (χ0) is 21.6. The van der Waals surface area contributed by atoms with E-state index in [4.69, 9.17) is 9.47 Å². The maximum atomic E-state index is 12.5. The third kappa shape index (κ3) is 7.00. The van der Waals surface area contributed by atoms with Gasteiger partial charge in [-0.2, -0.15) is 8.78 Å². The van der Waals surface area contributed by atoms with Gasteiger partial charge >= 0.3 is 0 Å². The Balaban J connectivity index is 1.11. The zero-order valence-electron chi connectivity index (χ0n) is 19.6. The number of hydrogen-bond acceptors (Lipinski definition) is 2. The topological polar surface area (TPSA) is 18.5 Å². The van der Waals surface area contributed by atoms with Crippen LogP contribution in [0.1, 0.15) is 96.8 Å². The van der Waals surface area contributed by atoms with E-state index in [1.165, 1.54) is 83.1 Å². The van der Waals surface area contributed by atoms with Gasteiger partial charge in [-0.15, -0.1) is 0 Å². The molecular formula is C27H44F2O2. The van der Waals surface area contributed by atoms with Crippen molar-refractivity contribution in [1.82, 2.24) is 0 Å². The molecule has 0 bridgehead atoms. The van der Waals surface area contributed by atoms with Crippen LogP contribution in [-0.2, 0) is 9.47 Å². The molecule has 4 fully saturated rings. The second-order valence-electron chi connectivity index (χ2n) is 11.3. The van der Waals surface area contributed by atoms with E-state index in [-0.39, 0.29) is 12.2 Å². The molecule has 0 amide bonds. The van der Waals surface area contributed by atoms with Crippen LogP contribution in [0.5, 0.6) is 0 Å². The van der Waals surface area contributed by atoms with Crippen molar-refractivity contribution in [1.29, 1.82) is 0 Å². The monoisotopic (exact) mass is 438 g/mol. The summed E-state index contributed by atoms with van der Waals surface area (Å²) in [4.78, 5) is 0. The molecule has 0 aromatic heterocycles. The van der Waals surface area contributed by atoms with E-state index in [1.807, 2.05) is 6.92 Å². The molecule has 31 heavy (non-hydrogen) atoms. The summed E-state index contributed by atoms with van der Waals surface area (Å²) >= 11 is 0. The van der Waals surface area contributed by atoms with Crippen molar-refractivity contribution in [3.05, 3.63) is 12.2 Å². The van der Waals surface area contributed by atoms with Crippen molar-refractivity contribution >= 4 is 0 Å². The molecule has 0 atom stereocenters. The summed E-state index contributed by atoms with van der Waals surface area (Å²) in [5.74, 6) is 5.26. The van der Waals surface area contributed by atoms with Gasteiger partial charge < -0.3 is 9.47 Å². The molecule has 3 saturated carbocycles. The Kier molecular flexibility index (Phi) is 8.85. The SMILES string of the molecule is CC1OCC(CCC2CCC(C3CCC(C4CCC(C=C(F)F)CC4)CC3)CC2)CO1. The molecule has 0 unspecified atom stereocenters. The molecule has 1 saturated heterocycles. The van der Waals surface area contributed by atoms with E-state index in [1.54, 1.807) is 0 Å². The normalized spacial score (nSPS) is 42.2. The average Bonchev–Trinajstić information content (AvgIpc) is 2.79. The molecule has 0 N–H and O–H groups in total. The van der Waals surface area contributed by atoms with Crippen LogP contribution in [0.3, 0.4) is 0 Å². The highest BCUT2D eigenvalue weighted by Crippen LogP contribution is 2.46. The van der Waals surface area contributed by atoms with Crippen molar-refractivity contribution < 1.29 is 18.3 Å². The van der Waals surface area contributed by atoms with Gasteiger partial charge in [0.2, 0.25) is 0 Å². The summed E-state index contributed by atoms with van der Waals surface area (Å²) in [5, 5.41) is 0. The molecule has 178 valence electrons. The van der Waals surface area contributed by atoms with Gasteiger partial charge in [0.15, 0.2) is 6.29 Å². The molecule has 0 spiro atoms. The van der Waals surface area contributed by atoms with Gasteiger partial charge in [0, 0.05) is 5.92 Å². The second-order valence-corrected chi connectivity index (χ2v) is 11.3. The summed E-state index contributed by atoms with van der Waals surface area (Å²) in [6.07, 6.45) is 18.0. The van der Waals surface area contributed by atoms with Crippen molar-refractivity contribution in [3.8, 4) is 0 Å². The average molecular weight is 439 g/mol. The van der Waals surface area contributed by atoms with Gasteiger partial charge in [-0.25, -0.2) is 0 Å². The van der Waals surface area contributed by atoms with Crippen molar-refractivity contribution in [2.24, 2.45) is 41.4 Å². The maximum absolute atomic E-state index is 12.5. The standard InChI is InChI=1S/C27H44F2O2/c1-19-30-17-22(18-31-19)3-2-20-4-8-23(9-5-20)25-12-14-26(15-13-25)24-10-6-21(7-11-24)16-27(28)29/h16,19-26H,2-15,17-18H2,1H3. The van der Waals surface area contributed by atoms with Crippen molar-refractivity contribution in [2.75, 3.05) is 13.2 Å². The van der Waals surface area contributed by atoms with Gasteiger partial charge in [0.05, 0.1) is 13.2 Å². The minimum Gasteiger partial charge on any atom is -0.353 e. The van der Waals surface area contributed by atoms with Gasteiger partial charge in [0.25, 0.3) is 6.08 Å². The van der Waals surface area contributed by atoms with Gasteiger partial charge in [-0.3, -0.25) is 0 Å². The van der Waals surface area contributed by atoms with Crippen LogP contribution in [-0.4, -0.2) is 19.5 Å². The van der Waals surface area contributed by atoms with Crippen LogP contribution in [0.4, 0.5) is 8.78 Å². The number of allylic oxidation sites excluding steroid dienone is 1. The van der Waals surface area contributed by atoms with E-state index in [2.05, 4.69) is 0 Å². The molecule has 4 aliphatic rings. The van der Waals surface area contributed by atoms with E-state index in [0.29, 0.717) is 5.92 Å². The van der Waals surface area contributed by atoms with Crippen molar-refractivity contribution in [2.45, 2.75) is 103 Å². The second kappa shape index (κ2) is 11.6. The van der Waals surface area contributed by atoms with Crippen LogP contribution in [0, 0.1) is 41.4 Å². The van der Waals surface area contributed by atoms with E-state index >= 15 is 0 Å². The lowest BCUT2D eigenvalue weighted by Crippen LogP contribution is -2.31. The molecule has 1 heterocycles. The van der Waals surface area contributed by atoms with E-state index in [9.17, 15) is 8.78 Å². The Bertz CT molecular complexity index is 544. The lowest BCUT2D eigenvalue weighted by atomic mass is 9.65. The first-order chi connectivity index (χ1) is 15.1. The van der Waals surface area contributed by atoms with Crippen LogP contribution < -0.4 is 0 Å². The first kappa shape index (κ1) is 23.7. The molecule has 2 nitrogen and oxygen atoms in total. The minimum atomic E-state index is -1.48. The highest BCUT2D eigenvalue weighted by Gasteiger charge is 2.34. The number of halogens is 2. The molecule has 3 aliphatic carbocycles. The van der Waals surface area contributed by atoms with Gasteiger partial charge in [0.1, 0.15) is 0 Å². The van der Waals surface area contributed by atoms with Crippen LogP contribution in [0.15, 0.2) is 12.2 Å². The molecule has 0 aromatic carbocycles. The quantitative estimate of drug-likeness (QED) is 0.418. The molecule has 0 radical (unpaired) electrons. The highest BCUT2D eigenvalue weighted by molar-refractivity contribution is 4.92. The lowest BCUT2D eigenvalue weighted by molar-refractivity contribution is -0.191. The Labute approximate surface area is 188 Å². The fourth-order valence-corrected chi connectivity index (χ4v) is 7.27. The number of ether oxygens (including phenoxy) is 2. The van der Waals surface area contributed by atoms with Crippen LogP contribution in [0.2, 0.25) is 0 Å². The Morgan fingerprint density at radius 1 is 0.645 bits per heavy atom. The lowest BCUT2D eigenvalue weighted by Gasteiger charge is -2.41. The molecule has 4 heteroatoms. The van der Waals surface area contributed by atoms with Gasteiger partial charge in [-0.1, -0.05) is 19.3 Å². The number of hydrogen-bond donors (Lipinski definition) is 0. The zero-order valence-corrected chi connectivity index (χ0v) is 19.6. The predicted molar refractivity (Wildman–Crippen MR) is 121 cm³/mol. The third-order valence-electron chi connectivity index (χ3n) is 9.34. The highest BCUT2D eigenvalue weighted by atomic mass is 19.3.